The lowest BCUT2D eigenvalue weighted by atomic mass is 10.1. The van der Waals surface area contributed by atoms with E-state index in [4.69, 9.17) is 11.6 Å². The molecule has 0 N–H and O–H groups in total. The molecule has 0 spiro atoms. The Hall–Kier alpha value is -1.34. The number of aromatic nitrogens is 1. The Morgan fingerprint density at radius 2 is 1.86 bits per heavy atom. The molecule has 0 unspecified atom stereocenters. The summed E-state index contributed by atoms with van der Waals surface area (Å²) in [5.74, 6) is 0. The topological polar surface area (TPSA) is 12.9 Å². The molecule has 0 atom stereocenters. The molecule has 14 heavy (non-hydrogen) atoms. The van der Waals surface area contributed by atoms with Crippen molar-refractivity contribution >= 4 is 11.6 Å². The largest absolute Gasteiger partial charge is 0.255 e. The molecule has 2 heteroatoms. The fourth-order valence-corrected chi connectivity index (χ4v) is 1.65. The van der Waals surface area contributed by atoms with Crippen molar-refractivity contribution in [1.82, 2.24) is 4.98 Å². The number of benzene rings is 1. The summed E-state index contributed by atoms with van der Waals surface area (Å²) in [7, 11) is 0. The van der Waals surface area contributed by atoms with Crippen LogP contribution < -0.4 is 0 Å². The van der Waals surface area contributed by atoms with Gasteiger partial charge in [0.05, 0.1) is 10.7 Å². The minimum atomic E-state index is 0.696. The van der Waals surface area contributed by atoms with Crippen molar-refractivity contribution in [3.8, 4) is 11.3 Å². The molecule has 0 fully saturated rings. The summed E-state index contributed by atoms with van der Waals surface area (Å²) in [6, 6.07) is 11.8. The molecular weight excluding hydrogens is 194 g/mol. The Labute approximate surface area is 88.4 Å². The molecule has 0 aliphatic heterocycles. The minimum absolute atomic E-state index is 0.696. The van der Waals surface area contributed by atoms with E-state index >= 15 is 0 Å². The Morgan fingerprint density at radius 1 is 1.07 bits per heavy atom. The van der Waals surface area contributed by atoms with Crippen LogP contribution in [0.4, 0.5) is 0 Å². The van der Waals surface area contributed by atoms with Gasteiger partial charge in [-0.15, -0.1) is 0 Å². The van der Waals surface area contributed by atoms with Gasteiger partial charge in [-0.2, -0.15) is 0 Å². The van der Waals surface area contributed by atoms with Gasteiger partial charge in [0.1, 0.15) is 0 Å². The van der Waals surface area contributed by atoms with Crippen molar-refractivity contribution in [3.63, 3.8) is 0 Å². The Kier molecular flexibility index (Phi) is 2.51. The fraction of sp³-hybridized carbons (Fsp3) is 0.0833. The van der Waals surface area contributed by atoms with Crippen LogP contribution in [-0.4, -0.2) is 4.98 Å². The zero-order chi connectivity index (χ0) is 9.97. The van der Waals surface area contributed by atoms with Crippen molar-refractivity contribution < 1.29 is 0 Å². The summed E-state index contributed by atoms with van der Waals surface area (Å²) >= 11 is 6.07. The smallest absolute Gasteiger partial charge is 0.0890 e. The lowest BCUT2D eigenvalue weighted by Gasteiger charge is -2.05. The van der Waals surface area contributed by atoms with E-state index in [-0.39, 0.29) is 0 Å². The average Bonchev–Trinajstić information content (AvgIpc) is 2.20. The molecule has 1 aromatic heterocycles. The van der Waals surface area contributed by atoms with Crippen LogP contribution in [0, 0.1) is 6.92 Å². The van der Waals surface area contributed by atoms with Crippen LogP contribution in [0.5, 0.6) is 0 Å². The first-order chi connectivity index (χ1) is 6.79. The molecule has 70 valence electrons. The summed E-state index contributed by atoms with van der Waals surface area (Å²) in [5, 5.41) is 0.696. The average molecular weight is 204 g/mol. The molecule has 2 rings (SSSR count). The lowest BCUT2D eigenvalue weighted by molar-refractivity contribution is 1.31. The Bertz CT molecular complexity index is 408. The van der Waals surface area contributed by atoms with Gasteiger partial charge in [0.25, 0.3) is 0 Å². The van der Waals surface area contributed by atoms with Crippen LogP contribution in [0.2, 0.25) is 5.02 Å². The predicted molar refractivity (Wildman–Crippen MR) is 59.4 cm³/mol. The fourth-order valence-electron chi connectivity index (χ4n) is 1.42. The first kappa shape index (κ1) is 9.22. The normalized spacial score (nSPS) is 10.1. The van der Waals surface area contributed by atoms with Gasteiger partial charge < -0.3 is 0 Å². The molecule has 0 aliphatic rings. The molecule has 0 bridgehead atoms. The third-order valence-corrected chi connectivity index (χ3v) is 2.46. The van der Waals surface area contributed by atoms with Crippen molar-refractivity contribution in [3.05, 3.63) is 53.2 Å². The van der Waals surface area contributed by atoms with Gasteiger partial charge >= 0.3 is 0 Å². The van der Waals surface area contributed by atoms with Crippen LogP contribution in [0.25, 0.3) is 11.3 Å². The highest BCUT2D eigenvalue weighted by atomic mass is 35.5. The Morgan fingerprint density at radius 3 is 2.57 bits per heavy atom. The quantitative estimate of drug-likeness (QED) is 0.689. The zero-order valence-electron chi connectivity index (χ0n) is 7.87. The highest BCUT2D eigenvalue weighted by molar-refractivity contribution is 6.33. The number of aryl methyl sites for hydroxylation is 1. The summed E-state index contributed by atoms with van der Waals surface area (Å²) in [4.78, 5) is 4.28. The molecule has 1 heterocycles. The van der Waals surface area contributed by atoms with Gasteiger partial charge in [-0.3, -0.25) is 4.98 Å². The first-order valence-electron chi connectivity index (χ1n) is 4.45. The molecule has 2 aromatic rings. The van der Waals surface area contributed by atoms with E-state index in [2.05, 4.69) is 18.0 Å². The van der Waals surface area contributed by atoms with Crippen molar-refractivity contribution in [2.45, 2.75) is 6.92 Å². The maximum absolute atomic E-state index is 6.07. The van der Waals surface area contributed by atoms with E-state index in [9.17, 15) is 0 Å². The number of rotatable bonds is 1. The maximum atomic E-state index is 6.07. The SMILES string of the molecule is Cc1ccccc1-c1ncccc1Cl. The van der Waals surface area contributed by atoms with Crippen LogP contribution in [0.3, 0.4) is 0 Å². The molecule has 0 saturated heterocycles. The van der Waals surface area contributed by atoms with Crippen LogP contribution in [-0.2, 0) is 0 Å². The van der Waals surface area contributed by atoms with Gasteiger partial charge in [-0.25, -0.2) is 0 Å². The van der Waals surface area contributed by atoms with Crippen LogP contribution in [0.1, 0.15) is 5.56 Å². The van der Waals surface area contributed by atoms with Crippen molar-refractivity contribution in [2.75, 3.05) is 0 Å². The molecule has 0 radical (unpaired) electrons. The number of hydrogen-bond donors (Lipinski definition) is 0. The van der Waals surface area contributed by atoms with Crippen LogP contribution in [0.15, 0.2) is 42.6 Å². The third-order valence-electron chi connectivity index (χ3n) is 2.16. The molecule has 1 aromatic carbocycles. The third kappa shape index (κ3) is 1.64. The second-order valence-corrected chi connectivity index (χ2v) is 3.56. The van der Waals surface area contributed by atoms with E-state index < -0.39 is 0 Å². The zero-order valence-corrected chi connectivity index (χ0v) is 8.62. The molecule has 1 nitrogen and oxygen atoms in total. The van der Waals surface area contributed by atoms with E-state index in [0.29, 0.717) is 5.02 Å². The Balaban J connectivity index is 2.61. The minimum Gasteiger partial charge on any atom is -0.255 e. The highest BCUT2D eigenvalue weighted by Gasteiger charge is 2.05. The monoisotopic (exact) mass is 203 g/mol. The molecule has 0 aliphatic carbocycles. The van der Waals surface area contributed by atoms with Gasteiger partial charge in [0.15, 0.2) is 0 Å². The van der Waals surface area contributed by atoms with E-state index in [1.807, 2.05) is 30.3 Å². The number of hydrogen-bond acceptors (Lipinski definition) is 1. The van der Waals surface area contributed by atoms with E-state index in [1.165, 1.54) is 5.56 Å². The second kappa shape index (κ2) is 3.81. The van der Waals surface area contributed by atoms with E-state index in [1.54, 1.807) is 6.20 Å². The summed E-state index contributed by atoms with van der Waals surface area (Å²) < 4.78 is 0. The summed E-state index contributed by atoms with van der Waals surface area (Å²) in [6.45, 7) is 2.06. The molecular formula is C12H10ClN. The molecule has 0 amide bonds. The van der Waals surface area contributed by atoms with Gasteiger partial charge in [-0.1, -0.05) is 35.9 Å². The number of halogens is 1. The number of nitrogens with zero attached hydrogens (tertiary/aromatic N) is 1. The standard InChI is InChI=1S/C12H10ClN/c1-9-5-2-3-6-10(9)12-11(13)7-4-8-14-12/h2-8H,1H3. The summed E-state index contributed by atoms with van der Waals surface area (Å²) in [5.41, 5.74) is 3.14. The van der Waals surface area contributed by atoms with Gasteiger partial charge in [0, 0.05) is 11.8 Å². The molecule has 0 saturated carbocycles. The summed E-state index contributed by atoms with van der Waals surface area (Å²) in [6.07, 6.45) is 1.76. The highest BCUT2D eigenvalue weighted by Crippen LogP contribution is 2.27. The number of pyridine rings is 1. The van der Waals surface area contributed by atoms with Gasteiger partial charge in [-0.05, 0) is 24.6 Å². The lowest BCUT2D eigenvalue weighted by Crippen LogP contribution is -1.86. The predicted octanol–water partition coefficient (Wildman–Crippen LogP) is 3.71. The van der Waals surface area contributed by atoms with Gasteiger partial charge in [0.2, 0.25) is 0 Å². The van der Waals surface area contributed by atoms with Crippen LogP contribution >= 0.6 is 11.6 Å². The maximum Gasteiger partial charge on any atom is 0.0890 e. The van der Waals surface area contributed by atoms with Crippen molar-refractivity contribution in [2.24, 2.45) is 0 Å². The van der Waals surface area contributed by atoms with E-state index in [0.717, 1.165) is 11.3 Å². The van der Waals surface area contributed by atoms with Crippen molar-refractivity contribution in [1.29, 1.82) is 0 Å². The first-order valence-corrected chi connectivity index (χ1v) is 4.83. The second-order valence-electron chi connectivity index (χ2n) is 3.15.